The van der Waals surface area contributed by atoms with E-state index in [4.69, 9.17) is 0 Å². The average molecular weight is 663 g/mol. The fourth-order valence-electron chi connectivity index (χ4n) is 8.05. The standard InChI is InChI=1S/C50H34N2/c1-3-17-36(18-4-1)40-32-33-47(43-24-10-9-23-42(40)43)52(45-26-13-11-22-41(45)38-31-30-35-16-7-8-19-37(35)34-38)49-29-15-28-48-50(49)44-25-12-14-27-46(44)51(48)39-20-5-2-6-21-39/h1-34H. The molecule has 244 valence electrons. The van der Waals surface area contributed by atoms with E-state index in [0.29, 0.717) is 0 Å². The Labute approximate surface area is 303 Å². The number of para-hydroxylation sites is 3. The molecule has 0 aliphatic heterocycles. The van der Waals surface area contributed by atoms with E-state index in [1.165, 1.54) is 65.6 Å². The van der Waals surface area contributed by atoms with Crippen molar-refractivity contribution in [1.29, 1.82) is 0 Å². The first-order valence-electron chi connectivity index (χ1n) is 17.9. The molecule has 0 aliphatic rings. The SMILES string of the molecule is c1ccc(-c2ccc(N(c3ccccc3-c3ccc4ccccc4c3)c3cccc4c3c3ccccc3n4-c3ccccc3)c3ccccc23)cc1. The summed E-state index contributed by atoms with van der Waals surface area (Å²) in [6.07, 6.45) is 0. The zero-order valence-corrected chi connectivity index (χ0v) is 28.5. The van der Waals surface area contributed by atoms with Crippen LogP contribution in [0, 0.1) is 0 Å². The van der Waals surface area contributed by atoms with Gasteiger partial charge in [0.15, 0.2) is 0 Å². The van der Waals surface area contributed by atoms with Crippen LogP contribution in [0.5, 0.6) is 0 Å². The number of rotatable bonds is 6. The van der Waals surface area contributed by atoms with Crippen LogP contribution in [0.3, 0.4) is 0 Å². The first-order chi connectivity index (χ1) is 25.8. The van der Waals surface area contributed by atoms with E-state index in [0.717, 1.165) is 22.7 Å². The van der Waals surface area contributed by atoms with Gasteiger partial charge in [0.25, 0.3) is 0 Å². The van der Waals surface area contributed by atoms with Crippen molar-refractivity contribution in [3.05, 3.63) is 206 Å². The van der Waals surface area contributed by atoms with Crippen molar-refractivity contribution in [3.63, 3.8) is 0 Å². The van der Waals surface area contributed by atoms with Crippen molar-refractivity contribution >= 4 is 60.4 Å². The molecule has 0 aliphatic carbocycles. The van der Waals surface area contributed by atoms with Crippen molar-refractivity contribution in [2.24, 2.45) is 0 Å². The van der Waals surface area contributed by atoms with Gasteiger partial charge in [0.1, 0.15) is 0 Å². The van der Waals surface area contributed by atoms with Gasteiger partial charge in [-0.05, 0) is 81.4 Å². The Hall–Kier alpha value is -6.90. The van der Waals surface area contributed by atoms with Gasteiger partial charge in [0.2, 0.25) is 0 Å². The zero-order valence-electron chi connectivity index (χ0n) is 28.5. The molecular formula is C50H34N2. The molecule has 0 fully saturated rings. The number of anilines is 3. The highest BCUT2D eigenvalue weighted by Crippen LogP contribution is 2.49. The van der Waals surface area contributed by atoms with Crippen LogP contribution in [0.1, 0.15) is 0 Å². The quantitative estimate of drug-likeness (QED) is 0.172. The molecule has 0 saturated carbocycles. The maximum atomic E-state index is 2.51. The summed E-state index contributed by atoms with van der Waals surface area (Å²) >= 11 is 0. The monoisotopic (exact) mass is 662 g/mol. The number of nitrogens with zero attached hydrogens (tertiary/aromatic N) is 2. The van der Waals surface area contributed by atoms with Crippen LogP contribution in [0.4, 0.5) is 17.1 Å². The molecule has 2 nitrogen and oxygen atoms in total. The third-order valence-electron chi connectivity index (χ3n) is 10.4. The zero-order chi connectivity index (χ0) is 34.4. The van der Waals surface area contributed by atoms with Crippen molar-refractivity contribution in [2.45, 2.75) is 0 Å². The minimum Gasteiger partial charge on any atom is -0.309 e. The summed E-state index contributed by atoms with van der Waals surface area (Å²) in [6.45, 7) is 0. The lowest BCUT2D eigenvalue weighted by molar-refractivity contribution is 1.18. The number of hydrogen-bond donors (Lipinski definition) is 0. The number of fused-ring (bicyclic) bond motifs is 5. The molecule has 0 saturated heterocycles. The van der Waals surface area contributed by atoms with Crippen LogP contribution in [0.15, 0.2) is 206 Å². The van der Waals surface area contributed by atoms with Gasteiger partial charge >= 0.3 is 0 Å². The molecule has 10 aromatic rings. The van der Waals surface area contributed by atoms with Crippen LogP contribution in [0.25, 0.3) is 71.3 Å². The van der Waals surface area contributed by atoms with E-state index in [1.54, 1.807) is 0 Å². The van der Waals surface area contributed by atoms with E-state index in [2.05, 4.69) is 216 Å². The summed E-state index contributed by atoms with van der Waals surface area (Å²) in [4.78, 5) is 2.51. The minimum absolute atomic E-state index is 1.12. The predicted molar refractivity (Wildman–Crippen MR) is 221 cm³/mol. The lowest BCUT2D eigenvalue weighted by atomic mass is 9.95. The first kappa shape index (κ1) is 30.0. The Balaban J connectivity index is 1.31. The number of hydrogen-bond acceptors (Lipinski definition) is 1. The molecule has 0 N–H and O–H groups in total. The molecule has 1 aromatic heterocycles. The Morgan fingerprint density at radius 3 is 1.81 bits per heavy atom. The Bertz CT molecular complexity index is 2900. The Morgan fingerprint density at radius 1 is 0.327 bits per heavy atom. The molecule has 52 heavy (non-hydrogen) atoms. The van der Waals surface area contributed by atoms with Crippen LogP contribution in [-0.4, -0.2) is 4.57 Å². The molecule has 0 unspecified atom stereocenters. The highest BCUT2D eigenvalue weighted by Gasteiger charge is 2.24. The number of aromatic nitrogens is 1. The third-order valence-corrected chi connectivity index (χ3v) is 10.4. The van der Waals surface area contributed by atoms with Gasteiger partial charge in [-0.15, -0.1) is 0 Å². The molecule has 0 radical (unpaired) electrons. The Kier molecular flexibility index (Phi) is 7.18. The molecule has 0 bridgehead atoms. The fourth-order valence-corrected chi connectivity index (χ4v) is 8.05. The molecule has 10 rings (SSSR count). The van der Waals surface area contributed by atoms with Crippen LogP contribution in [-0.2, 0) is 0 Å². The largest absolute Gasteiger partial charge is 0.309 e. The smallest absolute Gasteiger partial charge is 0.0562 e. The molecule has 0 spiro atoms. The predicted octanol–water partition coefficient (Wildman–Crippen LogP) is 13.9. The summed E-state index contributed by atoms with van der Waals surface area (Å²) < 4.78 is 2.40. The van der Waals surface area contributed by atoms with Crippen molar-refractivity contribution in [1.82, 2.24) is 4.57 Å². The second-order valence-electron chi connectivity index (χ2n) is 13.3. The second-order valence-corrected chi connectivity index (χ2v) is 13.3. The third kappa shape index (κ3) is 4.88. The minimum atomic E-state index is 1.12. The van der Waals surface area contributed by atoms with Gasteiger partial charge in [0, 0.05) is 27.4 Å². The maximum absolute atomic E-state index is 2.51. The van der Waals surface area contributed by atoms with Crippen molar-refractivity contribution in [3.8, 4) is 27.9 Å². The Morgan fingerprint density at radius 2 is 0.962 bits per heavy atom. The summed E-state index contributed by atoms with van der Waals surface area (Å²) in [6, 6.07) is 74.8. The first-order valence-corrected chi connectivity index (χ1v) is 17.9. The van der Waals surface area contributed by atoms with E-state index in [9.17, 15) is 0 Å². The highest BCUT2D eigenvalue weighted by molar-refractivity contribution is 6.18. The summed E-state index contributed by atoms with van der Waals surface area (Å²) in [5, 5.41) is 7.31. The second kappa shape index (κ2) is 12.5. The van der Waals surface area contributed by atoms with E-state index in [1.807, 2.05) is 0 Å². The van der Waals surface area contributed by atoms with Crippen molar-refractivity contribution in [2.75, 3.05) is 4.90 Å². The van der Waals surface area contributed by atoms with Gasteiger partial charge in [-0.3, -0.25) is 0 Å². The molecule has 9 aromatic carbocycles. The lowest BCUT2D eigenvalue weighted by Gasteiger charge is -2.30. The van der Waals surface area contributed by atoms with Crippen LogP contribution in [0.2, 0.25) is 0 Å². The van der Waals surface area contributed by atoms with E-state index < -0.39 is 0 Å². The van der Waals surface area contributed by atoms with Gasteiger partial charge < -0.3 is 9.47 Å². The van der Waals surface area contributed by atoms with E-state index in [-0.39, 0.29) is 0 Å². The van der Waals surface area contributed by atoms with Gasteiger partial charge in [-0.2, -0.15) is 0 Å². The molecule has 0 atom stereocenters. The van der Waals surface area contributed by atoms with Gasteiger partial charge in [-0.25, -0.2) is 0 Å². The van der Waals surface area contributed by atoms with Crippen LogP contribution < -0.4 is 4.90 Å². The number of benzene rings is 9. The summed E-state index contributed by atoms with van der Waals surface area (Å²) in [5.41, 5.74) is 11.7. The van der Waals surface area contributed by atoms with Crippen LogP contribution >= 0.6 is 0 Å². The van der Waals surface area contributed by atoms with Gasteiger partial charge in [0.05, 0.1) is 28.1 Å². The van der Waals surface area contributed by atoms with Gasteiger partial charge in [-0.1, -0.05) is 158 Å². The molecular weight excluding hydrogens is 629 g/mol. The molecule has 0 amide bonds. The molecule has 1 heterocycles. The highest BCUT2D eigenvalue weighted by atomic mass is 15.2. The topological polar surface area (TPSA) is 8.17 Å². The lowest BCUT2D eigenvalue weighted by Crippen LogP contribution is -2.12. The average Bonchev–Trinajstić information content (AvgIpc) is 3.57. The molecule has 2 heteroatoms. The van der Waals surface area contributed by atoms with E-state index >= 15 is 0 Å². The van der Waals surface area contributed by atoms with Crippen molar-refractivity contribution < 1.29 is 0 Å². The normalized spacial score (nSPS) is 11.5. The maximum Gasteiger partial charge on any atom is 0.0562 e. The fraction of sp³-hybridized carbons (Fsp3) is 0. The summed E-state index contributed by atoms with van der Waals surface area (Å²) in [5.74, 6) is 0. The summed E-state index contributed by atoms with van der Waals surface area (Å²) in [7, 11) is 0.